The lowest BCUT2D eigenvalue weighted by Crippen LogP contribution is -2.41. The Hall–Kier alpha value is -0.890. The summed E-state index contributed by atoms with van der Waals surface area (Å²) in [6.07, 6.45) is 8.16. The fraction of sp³-hybridized carbons (Fsp3) is 0.706. The highest BCUT2D eigenvalue weighted by Gasteiger charge is 2.33. The topological polar surface area (TPSA) is 24.9 Å². The molecule has 2 nitrogen and oxygen atoms in total. The van der Waals surface area contributed by atoms with Crippen molar-refractivity contribution in [1.29, 1.82) is 0 Å². The Balaban J connectivity index is 2.19. The molecule has 1 aromatic rings. The zero-order valence-corrected chi connectivity index (χ0v) is 12.7. The van der Waals surface area contributed by atoms with Crippen LogP contribution in [-0.2, 0) is 6.42 Å². The van der Waals surface area contributed by atoms with Crippen molar-refractivity contribution in [3.8, 4) is 0 Å². The second-order valence-corrected chi connectivity index (χ2v) is 5.75. The Bertz CT molecular complexity index is 385. The second-order valence-electron chi connectivity index (χ2n) is 5.75. The van der Waals surface area contributed by atoms with Crippen LogP contribution in [0.2, 0.25) is 0 Å². The Morgan fingerprint density at radius 3 is 2.79 bits per heavy atom. The quantitative estimate of drug-likeness (QED) is 0.804. The van der Waals surface area contributed by atoms with Gasteiger partial charge in [0.2, 0.25) is 0 Å². The third-order valence-electron chi connectivity index (χ3n) is 4.62. The van der Waals surface area contributed by atoms with Gasteiger partial charge in [0.15, 0.2) is 0 Å². The van der Waals surface area contributed by atoms with E-state index in [1.807, 2.05) is 6.20 Å². The number of nitrogens with one attached hydrogen (secondary N) is 1. The molecule has 1 aliphatic carbocycles. The Morgan fingerprint density at radius 2 is 2.11 bits per heavy atom. The summed E-state index contributed by atoms with van der Waals surface area (Å²) in [7, 11) is 0. The van der Waals surface area contributed by atoms with Crippen LogP contribution in [-0.4, -0.2) is 17.6 Å². The van der Waals surface area contributed by atoms with Crippen molar-refractivity contribution in [2.24, 2.45) is 5.92 Å². The third-order valence-corrected chi connectivity index (χ3v) is 4.62. The van der Waals surface area contributed by atoms with Crippen LogP contribution in [0.1, 0.15) is 63.6 Å². The minimum atomic E-state index is 0.603. The van der Waals surface area contributed by atoms with Crippen molar-refractivity contribution in [1.82, 2.24) is 10.3 Å². The van der Waals surface area contributed by atoms with Gasteiger partial charge in [-0.2, -0.15) is 0 Å². The predicted octanol–water partition coefficient (Wildman–Crippen LogP) is 3.92. The fourth-order valence-electron chi connectivity index (χ4n) is 3.54. The van der Waals surface area contributed by atoms with Gasteiger partial charge in [0.1, 0.15) is 0 Å². The standard InChI is InChI=1S/C17H28N2/c1-4-11-18-16(13(5-2)6-3)15-10-9-14-8-7-12-19-17(14)15/h7-8,12-13,15-16,18H,4-6,9-11H2,1-3H3. The molecule has 1 heterocycles. The molecular weight excluding hydrogens is 232 g/mol. The number of pyridine rings is 1. The average Bonchev–Trinajstić information content (AvgIpc) is 2.87. The van der Waals surface area contributed by atoms with E-state index in [4.69, 9.17) is 0 Å². The molecule has 0 spiro atoms. The zero-order chi connectivity index (χ0) is 13.7. The molecule has 0 radical (unpaired) electrons. The molecule has 2 atom stereocenters. The molecule has 0 amide bonds. The normalized spacial score (nSPS) is 19.7. The van der Waals surface area contributed by atoms with Crippen LogP contribution in [0.15, 0.2) is 18.3 Å². The molecule has 106 valence electrons. The fourth-order valence-corrected chi connectivity index (χ4v) is 3.54. The first-order valence-electron chi connectivity index (χ1n) is 7.98. The van der Waals surface area contributed by atoms with E-state index in [1.54, 1.807) is 0 Å². The molecule has 0 saturated heterocycles. The summed E-state index contributed by atoms with van der Waals surface area (Å²) in [5.41, 5.74) is 2.84. The molecule has 19 heavy (non-hydrogen) atoms. The molecule has 0 aromatic carbocycles. The van der Waals surface area contributed by atoms with Crippen LogP contribution in [0.5, 0.6) is 0 Å². The summed E-state index contributed by atoms with van der Waals surface area (Å²) in [5.74, 6) is 1.39. The first-order valence-corrected chi connectivity index (χ1v) is 7.98. The van der Waals surface area contributed by atoms with Gasteiger partial charge in [0.25, 0.3) is 0 Å². The molecule has 1 aromatic heterocycles. The Labute approximate surface area is 118 Å². The zero-order valence-electron chi connectivity index (χ0n) is 12.7. The van der Waals surface area contributed by atoms with Gasteiger partial charge >= 0.3 is 0 Å². The molecule has 2 rings (SSSR count). The van der Waals surface area contributed by atoms with Gasteiger partial charge in [-0.15, -0.1) is 0 Å². The summed E-state index contributed by atoms with van der Waals surface area (Å²) >= 11 is 0. The highest BCUT2D eigenvalue weighted by Crippen LogP contribution is 2.37. The van der Waals surface area contributed by atoms with Gasteiger partial charge < -0.3 is 5.32 Å². The maximum Gasteiger partial charge on any atom is 0.0482 e. The average molecular weight is 260 g/mol. The van der Waals surface area contributed by atoms with Crippen LogP contribution in [0.25, 0.3) is 0 Å². The van der Waals surface area contributed by atoms with Crippen molar-refractivity contribution in [3.05, 3.63) is 29.6 Å². The first kappa shape index (κ1) is 14.5. The monoisotopic (exact) mass is 260 g/mol. The molecular formula is C17H28N2. The minimum absolute atomic E-state index is 0.603. The lowest BCUT2D eigenvalue weighted by atomic mass is 9.83. The minimum Gasteiger partial charge on any atom is -0.313 e. The summed E-state index contributed by atoms with van der Waals surface area (Å²) in [6.45, 7) is 8.02. The molecule has 2 unspecified atom stereocenters. The van der Waals surface area contributed by atoms with Crippen molar-refractivity contribution < 1.29 is 0 Å². The highest BCUT2D eigenvalue weighted by atomic mass is 14.9. The first-order chi connectivity index (χ1) is 9.31. The third kappa shape index (κ3) is 3.17. The number of aromatic nitrogens is 1. The van der Waals surface area contributed by atoms with E-state index < -0.39 is 0 Å². The van der Waals surface area contributed by atoms with Crippen molar-refractivity contribution >= 4 is 0 Å². The van der Waals surface area contributed by atoms with E-state index in [-0.39, 0.29) is 0 Å². The van der Waals surface area contributed by atoms with Gasteiger partial charge in [0.05, 0.1) is 0 Å². The number of hydrogen-bond acceptors (Lipinski definition) is 2. The van der Waals surface area contributed by atoms with Gasteiger partial charge in [-0.1, -0.05) is 39.7 Å². The molecule has 0 aliphatic heterocycles. The van der Waals surface area contributed by atoms with Gasteiger partial charge in [-0.3, -0.25) is 4.98 Å². The Morgan fingerprint density at radius 1 is 1.32 bits per heavy atom. The van der Waals surface area contributed by atoms with E-state index >= 15 is 0 Å². The number of fused-ring (bicyclic) bond motifs is 1. The lowest BCUT2D eigenvalue weighted by Gasteiger charge is -2.32. The molecule has 1 N–H and O–H groups in total. The van der Waals surface area contributed by atoms with Crippen molar-refractivity contribution in [2.45, 2.75) is 64.8 Å². The number of nitrogens with zero attached hydrogens (tertiary/aromatic N) is 1. The van der Waals surface area contributed by atoms with E-state index in [1.165, 1.54) is 43.4 Å². The second kappa shape index (κ2) is 7.04. The van der Waals surface area contributed by atoms with Crippen LogP contribution in [0, 0.1) is 5.92 Å². The molecule has 0 bridgehead atoms. The number of rotatable bonds is 7. The summed E-state index contributed by atoms with van der Waals surface area (Å²) in [6, 6.07) is 4.94. The van der Waals surface area contributed by atoms with Crippen LogP contribution < -0.4 is 5.32 Å². The van der Waals surface area contributed by atoms with E-state index in [2.05, 4.69) is 43.2 Å². The van der Waals surface area contributed by atoms with Crippen LogP contribution in [0.3, 0.4) is 0 Å². The maximum absolute atomic E-state index is 4.68. The van der Waals surface area contributed by atoms with Crippen molar-refractivity contribution in [3.63, 3.8) is 0 Å². The molecule has 0 fully saturated rings. The van der Waals surface area contributed by atoms with Crippen molar-refractivity contribution in [2.75, 3.05) is 6.54 Å². The summed E-state index contributed by atoms with van der Waals surface area (Å²) in [5, 5.41) is 3.81. The molecule has 2 heteroatoms. The van der Waals surface area contributed by atoms with Crippen LogP contribution >= 0.6 is 0 Å². The predicted molar refractivity (Wildman–Crippen MR) is 81.5 cm³/mol. The molecule has 1 aliphatic rings. The van der Waals surface area contributed by atoms with E-state index in [0.29, 0.717) is 12.0 Å². The van der Waals surface area contributed by atoms with Gasteiger partial charge in [0, 0.05) is 23.9 Å². The van der Waals surface area contributed by atoms with Gasteiger partial charge in [-0.25, -0.2) is 0 Å². The van der Waals surface area contributed by atoms with Crippen LogP contribution in [0.4, 0.5) is 0 Å². The van der Waals surface area contributed by atoms with E-state index in [0.717, 1.165) is 12.5 Å². The molecule has 0 saturated carbocycles. The lowest BCUT2D eigenvalue weighted by molar-refractivity contribution is 0.287. The summed E-state index contributed by atoms with van der Waals surface area (Å²) in [4.78, 5) is 4.68. The summed E-state index contributed by atoms with van der Waals surface area (Å²) < 4.78 is 0. The SMILES string of the molecule is CCCNC(C(CC)CC)C1CCc2cccnc21. The number of hydrogen-bond donors (Lipinski definition) is 1. The largest absolute Gasteiger partial charge is 0.313 e. The maximum atomic E-state index is 4.68. The van der Waals surface area contributed by atoms with Gasteiger partial charge in [-0.05, 0) is 43.4 Å². The number of aryl methyl sites for hydroxylation is 1. The Kier molecular flexibility index (Phi) is 5.38. The highest BCUT2D eigenvalue weighted by molar-refractivity contribution is 5.30. The van der Waals surface area contributed by atoms with E-state index in [9.17, 15) is 0 Å². The smallest absolute Gasteiger partial charge is 0.0482 e.